The van der Waals surface area contributed by atoms with Crippen LogP contribution in [0, 0.1) is 5.82 Å². The highest BCUT2D eigenvalue weighted by Crippen LogP contribution is 2.14. The number of morpholine rings is 1. The van der Waals surface area contributed by atoms with Crippen molar-refractivity contribution in [2.45, 2.75) is 0 Å². The van der Waals surface area contributed by atoms with Crippen LogP contribution in [0.2, 0.25) is 0 Å². The molecule has 0 aromatic heterocycles. The lowest BCUT2D eigenvalue weighted by atomic mass is 10.1. The van der Waals surface area contributed by atoms with Gasteiger partial charge in [-0.3, -0.25) is 4.79 Å². The van der Waals surface area contributed by atoms with Gasteiger partial charge in [-0.15, -0.1) is 0 Å². The van der Waals surface area contributed by atoms with Crippen LogP contribution in [0.1, 0.15) is 15.9 Å². The van der Waals surface area contributed by atoms with Crippen LogP contribution in [0.15, 0.2) is 24.8 Å². The van der Waals surface area contributed by atoms with Crippen molar-refractivity contribution in [3.63, 3.8) is 0 Å². The number of carbonyl (C=O) groups is 1. The molecule has 1 aliphatic heterocycles. The van der Waals surface area contributed by atoms with Gasteiger partial charge in [0.1, 0.15) is 5.82 Å². The van der Waals surface area contributed by atoms with Gasteiger partial charge < -0.3 is 9.64 Å². The van der Waals surface area contributed by atoms with Crippen molar-refractivity contribution in [2.75, 3.05) is 26.3 Å². The van der Waals surface area contributed by atoms with E-state index in [9.17, 15) is 9.18 Å². The molecule has 0 spiro atoms. The lowest BCUT2D eigenvalue weighted by Gasteiger charge is -2.26. The minimum atomic E-state index is -0.417. The van der Waals surface area contributed by atoms with Crippen molar-refractivity contribution in [1.82, 2.24) is 4.90 Å². The third-order valence-electron chi connectivity index (χ3n) is 2.77. The van der Waals surface area contributed by atoms with E-state index in [1.54, 1.807) is 17.0 Å². The Morgan fingerprint density at radius 1 is 1.41 bits per heavy atom. The second kappa shape index (κ2) is 5.10. The van der Waals surface area contributed by atoms with E-state index < -0.39 is 5.82 Å². The van der Waals surface area contributed by atoms with Crippen molar-refractivity contribution >= 4 is 12.0 Å². The Balaban J connectivity index is 2.18. The maximum absolute atomic E-state index is 13.5. The Labute approximate surface area is 99.5 Å². The zero-order valence-electron chi connectivity index (χ0n) is 9.49. The molecule has 1 aromatic carbocycles. The summed E-state index contributed by atoms with van der Waals surface area (Å²) in [5, 5.41) is 0. The first-order chi connectivity index (χ1) is 8.22. The highest BCUT2D eigenvalue weighted by atomic mass is 19.1. The summed E-state index contributed by atoms with van der Waals surface area (Å²) in [6.45, 7) is 5.70. The van der Waals surface area contributed by atoms with Crippen LogP contribution in [0.25, 0.3) is 6.08 Å². The fourth-order valence-electron chi connectivity index (χ4n) is 1.77. The molecule has 0 N–H and O–H groups in total. The maximum Gasteiger partial charge on any atom is 0.254 e. The quantitative estimate of drug-likeness (QED) is 0.784. The van der Waals surface area contributed by atoms with Gasteiger partial charge in [-0.1, -0.05) is 18.7 Å². The summed E-state index contributed by atoms with van der Waals surface area (Å²) >= 11 is 0. The van der Waals surface area contributed by atoms with Crippen molar-refractivity contribution in [3.05, 3.63) is 41.7 Å². The van der Waals surface area contributed by atoms with Gasteiger partial charge in [-0.25, -0.2) is 4.39 Å². The first-order valence-electron chi connectivity index (χ1n) is 5.51. The Kier molecular flexibility index (Phi) is 3.54. The van der Waals surface area contributed by atoms with E-state index in [-0.39, 0.29) is 5.91 Å². The third kappa shape index (κ3) is 2.53. The van der Waals surface area contributed by atoms with Crippen LogP contribution >= 0.6 is 0 Å². The number of ether oxygens (including phenoxy) is 1. The van der Waals surface area contributed by atoms with E-state index in [2.05, 4.69) is 6.58 Å². The molecule has 2 rings (SSSR count). The number of benzene rings is 1. The second-order valence-corrected chi connectivity index (χ2v) is 3.84. The summed E-state index contributed by atoms with van der Waals surface area (Å²) in [5.74, 6) is -0.568. The standard InChI is InChI=1S/C13H14FNO2/c1-2-10-3-4-11(9-12(10)14)13(16)15-5-7-17-8-6-15/h2-4,9H,1,5-8H2. The van der Waals surface area contributed by atoms with E-state index >= 15 is 0 Å². The highest BCUT2D eigenvalue weighted by Gasteiger charge is 2.19. The van der Waals surface area contributed by atoms with Crippen LogP contribution in [-0.4, -0.2) is 37.1 Å². The second-order valence-electron chi connectivity index (χ2n) is 3.84. The molecule has 90 valence electrons. The Hall–Kier alpha value is -1.68. The van der Waals surface area contributed by atoms with E-state index in [1.807, 2.05) is 0 Å². The summed E-state index contributed by atoms with van der Waals surface area (Å²) < 4.78 is 18.7. The fourth-order valence-corrected chi connectivity index (χ4v) is 1.77. The van der Waals surface area contributed by atoms with E-state index in [0.717, 1.165) is 0 Å². The molecule has 1 amide bonds. The monoisotopic (exact) mass is 235 g/mol. The number of halogens is 1. The van der Waals surface area contributed by atoms with Crippen LogP contribution < -0.4 is 0 Å². The number of hydrogen-bond donors (Lipinski definition) is 0. The molecule has 3 nitrogen and oxygen atoms in total. The molecular weight excluding hydrogens is 221 g/mol. The number of hydrogen-bond acceptors (Lipinski definition) is 2. The van der Waals surface area contributed by atoms with Gasteiger partial charge in [0, 0.05) is 24.2 Å². The normalized spacial score (nSPS) is 15.7. The third-order valence-corrected chi connectivity index (χ3v) is 2.77. The van der Waals surface area contributed by atoms with Crippen molar-refractivity contribution in [3.8, 4) is 0 Å². The van der Waals surface area contributed by atoms with Crippen LogP contribution in [0.5, 0.6) is 0 Å². The largest absolute Gasteiger partial charge is 0.378 e. The number of amides is 1. The fraction of sp³-hybridized carbons (Fsp3) is 0.308. The van der Waals surface area contributed by atoms with Gasteiger partial charge in [-0.05, 0) is 12.1 Å². The zero-order valence-corrected chi connectivity index (χ0v) is 9.49. The Morgan fingerprint density at radius 2 is 2.12 bits per heavy atom. The molecule has 1 heterocycles. The van der Waals surface area contributed by atoms with Crippen LogP contribution in [0.3, 0.4) is 0 Å². The van der Waals surface area contributed by atoms with E-state index in [1.165, 1.54) is 12.1 Å². The molecular formula is C13H14FNO2. The molecule has 1 aliphatic rings. The molecule has 1 aromatic rings. The summed E-state index contributed by atoms with van der Waals surface area (Å²) in [5.41, 5.74) is 0.776. The number of nitrogens with zero attached hydrogens (tertiary/aromatic N) is 1. The van der Waals surface area contributed by atoms with Crippen molar-refractivity contribution < 1.29 is 13.9 Å². The molecule has 0 atom stereocenters. The van der Waals surface area contributed by atoms with Crippen LogP contribution in [0.4, 0.5) is 4.39 Å². The predicted molar refractivity (Wildman–Crippen MR) is 63.2 cm³/mol. The van der Waals surface area contributed by atoms with Gasteiger partial charge in [-0.2, -0.15) is 0 Å². The first kappa shape index (κ1) is 11.8. The van der Waals surface area contributed by atoms with Crippen molar-refractivity contribution in [1.29, 1.82) is 0 Å². The maximum atomic E-state index is 13.5. The average molecular weight is 235 g/mol. The summed E-state index contributed by atoms with van der Waals surface area (Å²) in [6.07, 6.45) is 1.43. The molecule has 0 saturated carbocycles. The topological polar surface area (TPSA) is 29.5 Å². The van der Waals surface area contributed by atoms with Gasteiger partial charge in [0.05, 0.1) is 13.2 Å². The van der Waals surface area contributed by atoms with Gasteiger partial charge in [0.15, 0.2) is 0 Å². The molecule has 0 radical (unpaired) electrons. The van der Waals surface area contributed by atoms with Crippen molar-refractivity contribution in [2.24, 2.45) is 0 Å². The zero-order chi connectivity index (χ0) is 12.3. The smallest absolute Gasteiger partial charge is 0.254 e. The molecule has 17 heavy (non-hydrogen) atoms. The van der Waals surface area contributed by atoms with Crippen LogP contribution in [-0.2, 0) is 4.74 Å². The average Bonchev–Trinajstić information content (AvgIpc) is 2.39. The van der Waals surface area contributed by atoms with Gasteiger partial charge in [0.2, 0.25) is 0 Å². The number of carbonyl (C=O) groups excluding carboxylic acids is 1. The highest BCUT2D eigenvalue weighted by molar-refractivity contribution is 5.94. The molecule has 1 fully saturated rings. The lowest BCUT2D eigenvalue weighted by molar-refractivity contribution is 0.0302. The van der Waals surface area contributed by atoms with E-state index in [4.69, 9.17) is 4.74 Å². The number of rotatable bonds is 2. The molecule has 0 bridgehead atoms. The van der Waals surface area contributed by atoms with E-state index in [0.29, 0.717) is 37.4 Å². The molecule has 4 heteroatoms. The summed E-state index contributed by atoms with van der Waals surface area (Å²) in [4.78, 5) is 13.7. The Bertz CT molecular complexity index is 439. The minimum absolute atomic E-state index is 0.150. The molecule has 0 unspecified atom stereocenters. The molecule has 0 aliphatic carbocycles. The Morgan fingerprint density at radius 3 is 2.71 bits per heavy atom. The predicted octanol–water partition coefficient (Wildman–Crippen LogP) is 1.94. The first-order valence-corrected chi connectivity index (χ1v) is 5.51. The SMILES string of the molecule is C=Cc1ccc(C(=O)N2CCOCC2)cc1F. The summed E-state index contributed by atoms with van der Waals surface area (Å²) in [6, 6.07) is 4.45. The molecule has 1 saturated heterocycles. The minimum Gasteiger partial charge on any atom is -0.378 e. The lowest BCUT2D eigenvalue weighted by Crippen LogP contribution is -2.40. The van der Waals surface area contributed by atoms with Gasteiger partial charge in [0.25, 0.3) is 5.91 Å². The van der Waals surface area contributed by atoms with Gasteiger partial charge >= 0.3 is 0 Å². The summed E-state index contributed by atoms with van der Waals surface area (Å²) in [7, 11) is 0.